The van der Waals surface area contributed by atoms with Crippen molar-refractivity contribution >= 4 is 0 Å². The van der Waals surface area contributed by atoms with Crippen LogP contribution in [0.5, 0.6) is 0 Å². The molecular weight excluding hydrogens is 432 g/mol. The molecule has 6 nitrogen and oxygen atoms in total. The number of rotatable bonds is 6. The first kappa shape index (κ1) is 26.8. The van der Waals surface area contributed by atoms with Crippen LogP contribution < -0.4 is 0 Å². The molecule has 0 aromatic rings. The van der Waals surface area contributed by atoms with E-state index in [2.05, 4.69) is 34.6 Å². The van der Waals surface area contributed by atoms with E-state index in [9.17, 15) is 30.6 Å². The zero-order chi connectivity index (χ0) is 25.2. The van der Waals surface area contributed by atoms with Crippen molar-refractivity contribution in [1.29, 1.82) is 0 Å². The van der Waals surface area contributed by atoms with Gasteiger partial charge in [-0.2, -0.15) is 0 Å². The second kappa shape index (κ2) is 9.25. The van der Waals surface area contributed by atoms with Crippen LogP contribution >= 0.6 is 0 Å². The maximum Gasteiger partial charge on any atom is 0.0863 e. The Balaban J connectivity index is 1.61. The highest BCUT2D eigenvalue weighted by molar-refractivity contribution is 5.21. The standard InChI is InChI=1S/C28H50O6/c1-15(17(3)14-29)6-7-16(2)22-23(32)24(33)25-27(22,5)11-9-21-26(4)10-8-18(30)12-19(26)20(31)13-28(21,25)34/h15-25,29-34H,6-14H2,1-5H3/t15?,16?,17?,18-,19+,20-,21?,22-,23+,24-,25+,26-,27+,28-/m0/s1. The summed E-state index contributed by atoms with van der Waals surface area (Å²) in [5.74, 6) is 0.0945. The third-order valence-electron chi connectivity index (χ3n) is 11.8. The molecule has 4 fully saturated rings. The van der Waals surface area contributed by atoms with E-state index in [-0.39, 0.29) is 48.0 Å². The molecule has 4 aliphatic carbocycles. The van der Waals surface area contributed by atoms with Gasteiger partial charge in [0.05, 0.1) is 30.0 Å². The summed E-state index contributed by atoms with van der Waals surface area (Å²) in [7, 11) is 0. The van der Waals surface area contributed by atoms with Crippen LogP contribution in [0.4, 0.5) is 0 Å². The zero-order valence-corrected chi connectivity index (χ0v) is 21.9. The van der Waals surface area contributed by atoms with Crippen LogP contribution in [0.3, 0.4) is 0 Å². The van der Waals surface area contributed by atoms with Gasteiger partial charge in [0.15, 0.2) is 0 Å². The molecule has 0 saturated heterocycles. The Morgan fingerprint density at radius 3 is 2.15 bits per heavy atom. The summed E-state index contributed by atoms with van der Waals surface area (Å²) >= 11 is 0. The molecule has 0 aromatic carbocycles. The molecule has 6 N–H and O–H groups in total. The minimum atomic E-state index is -1.23. The Morgan fingerprint density at radius 1 is 0.853 bits per heavy atom. The molecule has 6 heteroatoms. The van der Waals surface area contributed by atoms with Gasteiger partial charge in [0, 0.05) is 18.9 Å². The Morgan fingerprint density at radius 2 is 1.50 bits per heavy atom. The van der Waals surface area contributed by atoms with Gasteiger partial charge in [0.25, 0.3) is 0 Å². The third-order valence-corrected chi connectivity index (χ3v) is 11.8. The van der Waals surface area contributed by atoms with E-state index >= 15 is 0 Å². The number of aliphatic hydroxyl groups is 6. The van der Waals surface area contributed by atoms with Gasteiger partial charge in [-0.25, -0.2) is 0 Å². The summed E-state index contributed by atoms with van der Waals surface area (Å²) in [5, 5.41) is 66.1. The summed E-state index contributed by atoms with van der Waals surface area (Å²) in [4.78, 5) is 0. The van der Waals surface area contributed by atoms with Gasteiger partial charge in [0.2, 0.25) is 0 Å². The molecule has 0 amide bonds. The largest absolute Gasteiger partial charge is 0.396 e. The van der Waals surface area contributed by atoms with Gasteiger partial charge in [-0.05, 0) is 78.4 Å². The quantitative estimate of drug-likeness (QED) is 0.346. The highest BCUT2D eigenvalue weighted by Crippen LogP contribution is 2.69. The molecule has 4 unspecified atom stereocenters. The molecule has 14 atom stereocenters. The molecule has 4 aliphatic rings. The van der Waals surface area contributed by atoms with Crippen molar-refractivity contribution in [3.8, 4) is 0 Å². The fourth-order valence-corrected chi connectivity index (χ4v) is 9.68. The summed E-state index contributed by atoms with van der Waals surface area (Å²) in [5.41, 5.74) is -1.92. The lowest BCUT2D eigenvalue weighted by Crippen LogP contribution is -2.68. The molecular formula is C28H50O6. The molecule has 0 aromatic heterocycles. The minimum absolute atomic E-state index is 0.0425. The van der Waals surface area contributed by atoms with E-state index < -0.39 is 41.3 Å². The molecule has 4 rings (SSSR count). The van der Waals surface area contributed by atoms with Crippen LogP contribution in [0.25, 0.3) is 0 Å². The predicted molar refractivity (Wildman–Crippen MR) is 131 cm³/mol. The van der Waals surface area contributed by atoms with Gasteiger partial charge in [0.1, 0.15) is 0 Å². The molecule has 0 aliphatic heterocycles. The highest BCUT2D eigenvalue weighted by atomic mass is 16.3. The second-order valence-corrected chi connectivity index (χ2v) is 13.6. The topological polar surface area (TPSA) is 121 Å². The van der Waals surface area contributed by atoms with Crippen molar-refractivity contribution in [2.45, 2.75) is 116 Å². The van der Waals surface area contributed by atoms with Crippen LogP contribution in [0.15, 0.2) is 0 Å². The fraction of sp³-hybridized carbons (Fsp3) is 1.00. The average Bonchev–Trinajstić information content (AvgIpc) is 2.98. The van der Waals surface area contributed by atoms with E-state index in [1.165, 1.54) is 0 Å². The second-order valence-electron chi connectivity index (χ2n) is 13.6. The van der Waals surface area contributed by atoms with Gasteiger partial charge in [-0.3, -0.25) is 0 Å². The van der Waals surface area contributed by atoms with Crippen LogP contribution in [0, 0.1) is 52.3 Å². The molecule has 0 bridgehead atoms. The van der Waals surface area contributed by atoms with Crippen molar-refractivity contribution in [3.63, 3.8) is 0 Å². The lowest BCUT2D eigenvalue weighted by Gasteiger charge is -2.65. The summed E-state index contributed by atoms with van der Waals surface area (Å²) < 4.78 is 0. The van der Waals surface area contributed by atoms with E-state index in [1.807, 2.05) is 0 Å². The van der Waals surface area contributed by atoms with Crippen LogP contribution in [-0.2, 0) is 0 Å². The predicted octanol–water partition coefficient (Wildman–Crippen LogP) is 2.71. The lowest BCUT2D eigenvalue weighted by atomic mass is 9.42. The Kier molecular flexibility index (Phi) is 7.30. The normalized spacial score (nSPS) is 53.4. The first-order valence-corrected chi connectivity index (χ1v) is 13.9. The average molecular weight is 483 g/mol. The van der Waals surface area contributed by atoms with E-state index in [0.29, 0.717) is 18.8 Å². The minimum Gasteiger partial charge on any atom is -0.396 e. The zero-order valence-electron chi connectivity index (χ0n) is 21.9. The van der Waals surface area contributed by atoms with Crippen LogP contribution in [0.2, 0.25) is 0 Å². The number of aliphatic hydroxyl groups excluding tert-OH is 5. The van der Waals surface area contributed by atoms with Crippen LogP contribution in [-0.4, -0.2) is 67.3 Å². The summed E-state index contributed by atoms with van der Waals surface area (Å²) in [6.07, 6.45) is 2.74. The fourth-order valence-electron chi connectivity index (χ4n) is 9.68. The lowest BCUT2D eigenvalue weighted by molar-refractivity contribution is -0.264. The summed E-state index contributed by atoms with van der Waals surface area (Å²) in [6.45, 7) is 10.9. The maximum atomic E-state index is 12.4. The monoisotopic (exact) mass is 482 g/mol. The molecule has 0 radical (unpaired) electrons. The van der Waals surface area contributed by atoms with E-state index in [0.717, 1.165) is 32.1 Å². The summed E-state index contributed by atoms with van der Waals surface area (Å²) in [6, 6.07) is 0. The Bertz CT molecular complexity index is 732. The SMILES string of the molecule is CC(CO)C(C)CCC(C)[C@H]1[C@@H](O)[C@H](O)[C@@H]2[C@]1(C)CCC1[C@@]3(C)CC[C@H](O)C[C@@H]3[C@@H](O)C[C@]12O. The van der Waals surface area contributed by atoms with Gasteiger partial charge in [-0.15, -0.1) is 0 Å². The van der Waals surface area contributed by atoms with Gasteiger partial charge >= 0.3 is 0 Å². The van der Waals surface area contributed by atoms with Gasteiger partial charge in [-0.1, -0.05) is 47.5 Å². The first-order chi connectivity index (χ1) is 15.8. The van der Waals surface area contributed by atoms with E-state index in [1.54, 1.807) is 0 Å². The first-order valence-electron chi connectivity index (χ1n) is 13.9. The number of fused-ring (bicyclic) bond motifs is 5. The maximum absolute atomic E-state index is 12.4. The highest BCUT2D eigenvalue weighted by Gasteiger charge is 2.72. The van der Waals surface area contributed by atoms with Gasteiger partial charge < -0.3 is 30.6 Å². The van der Waals surface area contributed by atoms with Crippen LogP contribution in [0.1, 0.15) is 86.0 Å². The Labute approximate surface area is 205 Å². The Hall–Kier alpha value is -0.240. The third kappa shape index (κ3) is 3.90. The molecule has 0 spiro atoms. The van der Waals surface area contributed by atoms with Crippen molar-refractivity contribution < 1.29 is 30.6 Å². The molecule has 0 heterocycles. The molecule has 198 valence electrons. The van der Waals surface area contributed by atoms with E-state index in [4.69, 9.17) is 0 Å². The van der Waals surface area contributed by atoms with Crippen molar-refractivity contribution in [2.75, 3.05) is 6.61 Å². The van der Waals surface area contributed by atoms with Crippen molar-refractivity contribution in [3.05, 3.63) is 0 Å². The smallest absolute Gasteiger partial charge is 0.0863 e. The molecule has 34 heavy (non-hydrogen) atoms. The number of hydrogen-bond acceptors (Lipinski definition) is 6. The molecule has 4 saturated carbocycles. The van der Waals surface area contributed by atoms with Crippen molar-refractivity contribution in [2.24, 2.45) is 52.3 Å². The van der Waals surface area contributed by atoms with Crippen molar-refractivity contribution in [1.82, 2.24) is 0 Å². The number of hydrogen-bond donors (Lipinski definition) is 6.